The summed E-state index contributed by atoms with van der Waals surface area (Å²) in [5.41, 5.74) is 2.11. The van der Waals surface area contributed by atoms with Gasteiger partial charge in [0.25, 0.3) is 0 Å². The number of rotatable bonds is 5. The largest absolute Gasteiger partial charge is 0.481 e. The van der Waals surface area contributed by atoms with E-state index in [1.807, 2.05) is 24.3 Å². The van der Waals surface area contributed by atoms with Crippen LogP contribution in [0, 0.1) is 0 Å². The molecular weight excluding hydrogens is 216 g/mol. The molecule has 2 rings (SSSR count). The standard InChI is InChI=1S/C13H14N2O2/c16-13(17)5-7-14-9-10-3-4-12-11(8-10)2-1-6-15-12/h1-4,6,8,14H,5,7,9H2,(H,16,17). The number of hydrogen-bond donors (Lipinski definition) is 2. The van der Waals surface area contributed by atoms with Crippen LogP contribution in [0.25, 0.3) is 10.9 Å². The molecule has 0 amide bonds. The second kappa shape index (κ2) is 5.41. The monoisotopic (exact) mass is 230 g/mol. The number of nitrogens with one attached hydrogen (secondary N) is 1. The molecule has 0 radical (unpaired) electrons. The molecule has 0 aliphatic heterocycles. The number of carboxylic acids is 1. The first-order valence-corrected chi connectivity index (χ1v) is 5.52. The van der Waals surface area contributed by atoms with Crippen LogP contribution in [0.3, 0.4) is 0 Å². The molecule has 0 saturated carbocycles. The van der Waals surface area contributed by atoms with E-state index in [0.29, 0.717) is 13.1 Å². The van der Waals surface area contributed by atoms with E-state index >= 15 is 0 Å². The Balaban J connectivity index is 1.97. The van der Waals surface area contributed by atoms with Crippen molar-refractivity contribution in [2.75, 3.05) is 6.54 Å². The third-order valence-electron chi connectivity index (χ3n) is 2.51. The Morgan fingerprint density at radius 2 is 2.24 bits per heavy atom. The second-order valence-corrected chi connectivity index (χ2v) is 3.85. The molecule has 0 aliphatic rings. The molecule has 1 aromatic heterocycles. The molecule has 0 fully saturated rings. The number of hydrogen-bond acceptors (Lipinski definition) is 3. The lowest BCUT2D eigenvalue weighted by Gasteiger charge is -2.04. The molecule has 4 heteroatoms. The average molecular weight is 230 g/mol. The summed E-state index contributed by atoms with van der Waals surface area (Å²) < 4.78 is 0. The van der Waals surface area contributed by atoms with Crippen molar-refractivity contribution >= 4 is 16.9 Å². The van der Waals surface area contributed by atoms with Crippen LogP contribution in [0.15, 0.2) is 36.5 Å². The summed E-state index contributed by atoms with van der Waals surface area (Å²) in [4.78, 5) is 14.6. The van der Waals surface area contributed by atoms with E-state index < -0.39 is 5.97 Å². The maximum atomic E-state index is 10.3. The average Bonchev–Trinajstić information content (AvgIpc) is 2.34. The normalized spacial score (nSPS) is 10.6. The van der Waals surface area contributed by atoms with Crippen molar-refractivity contribution < 1.29 is 9.90 Å². The predicted molar refractivity (Wildman–Crippen MR) is 65.7 cm³/mol. The van der Waals surface area contributed by atoms with E-state index in [1.54, 1.807) is 6.20 Å². The first-order valence-electron chi connectivity index (χ1n) is 5.52. The Hall–Kier alpha value is -1.94. The number of carbonyl (C=O) groups is 1. The van der Waals surface area contributed by atoms with Gasteiger partial charge in [-0.3, -0.25) is 9.78 Å². The molecule has 17 heavy (non-hydrogen) atoms. The van der Waals surface area contributed by atoms with E-state index in [4.69, 9.17) is 5.11 Å². The topological polar surface area (TPSA) is 62.2 Å². The molecule has 0 spiro atoms. The minimum Gasteiger partial charge on any atom is -0.481 e. The molecule has 0 saturated heterocycles. The van der Waals surface area contributed by atoms with Crippen molar-refractivity contribution in [3.8, 4) is 0 Å². The van der Waals surface area contributed by atoms with Crippen LogP contribution >= 0.6 is 0 Å². The Morgan fingerprint density at radius 3 is 3.06 bits per heavy atom. The van der Waals surface area contributed by atoms with Crippen LogP contribution in [0.1, 0.15) is 12.0 Å². The SMILES string of the molecule is O=C(O)CCNCc1ccc2ncccc2c1. The zero-order chi connectivity index (χ0) is 12.1. The van der Waals surface area contributed by atoms with Gasteiger partial charge >= 0.3 is 5.97 Å². The molecular formula is C13H14N2O2. The van der Waals surface area contributed by atoms with Gasteiger partial charge in [0.2, 0.25) is 0 Å². The van der Waals surface area contributed by atoms with E-state index in [2.05, 4.69) is 16.4 Å². The molecule has 0 unspecified atom stereocenters. The molecule has 88 valence electrons. The number of pyridine rings is 1. The van der Waals surface area contributed by atoms with Crippen molar-refractivity contribution in [1.29, 1.82) is 0 Å². The zero-order valence-electron chi connectivity index (χ0n) is 9.39. The zero-order valence-corrected chi connectivity index (χ0v) is 9.39. The molecule has 4 nitrogen and oxygen atoms in total. The fourth-order valence-electron chi connectivity index (χ4n) is 1.66. The third-order valence-corrected chi connectivity index (χ3v) is 2.51. The minimum atomic E-state index is -0.778. The van der Waals surface area contributed by atoms with Crippen LogP contribution in [-0.4, -0.2) is 22.6 Å². The number of aliphatic carboxylic acids is 1. The summed E-state index contributed by atoms with van der Waals surface area (Å²) in [6.07, 6.45) is 1.92. The maximum absolute atomic E-state index is 10.3. The Bertz CT molecular complexity index is 526. The molecule has 2 N–H and O–H groups in total. The molecule has 2 aromatic rings. The van der Waals surface area contributed by atoms with Crippen LogP contribution in [0.5, 0.6) is 0 Å². The quantitative estimate of drug-likeness (QED) is 0.769. The lowest BCUT2D eigenvalue weighted by atomic mass is 10.1. The highest BCUT2D eigenvalue weighted by Gasteiger charge is 1.98. The van der Waals surface area contributed by atoms with Gasteiger partial charge in [0, 0.05) is 24.7 Å². The van der Waals surface area contributed by atoms with Crippen molar-refractivity contribution in [2.24, 2.45) is 0 Å². The van der Waals surface area contributed by atoms with E-state index in [-0.39, 0.29) is 6.42 Å². The predicted octanol–water partition coefficient (Wildman–Crippen LogP) is 1.80. The number of aromatic nitrogens is 1. The molecule has 0 bridgehead atoms. The Morgan fingerprint density at radius 1 is 1.35 bits per heavy atom. The number of nitrogens with zero attached hydrogens (tertiary/aromatic N) is 1. The van der Waals surface area contributed by atoms with E-state index in [0.717, 1.165) is 16.5 Å². The van der Waals surface area contributed by atoms with Gasteiger partial charge < -0.3 is 10.4 Å². The molecule has 0 aliphatic carbocycles. The summed E-state index contributed by atoms with van der Waals surface area (Å²) in [6, 6.07) is 9.97. The molecule has 1 aromatic carbocycles. The van der Waals surface area contributed by atoms with Gasteiger partial charge in [-0.15, -0.1) is 0 Å². The van der Waals surface area contributed by atoms with Crippen molar-refractivity contribution in [3.05, 3.63) is 42.1 Å². The summed E-state index contributed by atoms with van der Waals surface area (Å²) in [7, 11) is 0. The Kier molecular flexibility index (Phi) is 3.67. The second-order valence-electron chi connectivity index (χ2n) is 3.85. The van der Waals surface area contributed by atoms with Crippen molar-refractivity contribution in [1.82, 2.24) is 10.3 Å². The van der Waals surface area contributed by atoms with E-state index in [1.165, 1.54) is 0 Å². The first-order chi connectivity index (χ1) is 8.25. The van der Waals surface area contributed by atoms with Gasteiger partial charge in [-0.25, -0.2) is 0 Å². The highest BCUT2D eigenvalue weighted by molar-refractivity contribution is 5.78. The van der Waals surface area contributed by atoms with Crippen LogP contribution in [-0.2, 0) is 11.3 Å². The lowest BCUT2D eigenvalue weighted by molar-refractivity contribution is -0.136. The van der Waals surface area contributed by atoms with Gasteiger partial charge in [-0.1, -0.05) is 12.1 Å². The molecule has 1 heterocycles. The summed E-state index contributed by atoms with van der Waals surface area (Å²) in [6.45, 7) is 1.17. The van der Waals surface area contributed by atoms with Gasteiger partial charge in [0.05, 0.1) is 11.9 Å². The summed E-state index contributed by atoms with van der Waals surface area (Å²) in [5.74, 6) is -0.778. The van der Waals surface area contributed by atoms with Gasteiger partial charge in [-0.2, -0.15) is 0 Å². The number of benzene rings is 1. The van der Waals surface area contributed by atoms with Crippen molar-refractivity contribution in [3.63, 3.8) is 0 Å². The first kappa shape index (κ1) is 11.5. The van der Waals surface area contributed by atoms with Gasteiger partial charge in [0.15, 0.2) is 0 Å². The Labute approximate surface area is 99.3 Å². The maximum Gasteiger partial charge on any atom is 0.304 e. The highest BCUT2D eigenvalue weighted by atomic mass is 16.4. The summed E-state index contributed by atoms with van der Waals surface area (Å²) >= 11 is 0. The van der Waals surface area contributed by atoms with Crippen molar-refractivity contribution in [2.45, 2.75) is 13.0 Å². The van der Waals surface area contributed by atoms with Crippen LogP contribution in [0.2, 0.25) is 0 Å². The molecule has 0 atom stereocenters. The highest BCUT2D eigenvalue weighted by Crippen LogP contribution is 2.12. The fraction of sp³-hybridized carbons (Fsp3) is 0.231. The minimum absolute atomic E-state index is 0.148. The lowest BCUT2D eigenvalue weighted by Crippen LogP contribution is -2.17. The van der Waals surface area contributed by atoms with E-state index in [9.17, 15) is 4.79 Å². The third kappa shape index (κ3) is 3.26. The number of carboxylic acid groups (broad SMARTS) is 1. The van der Waals surface area contributed by atoms with Crippen LogP contribution in [0.4, 0.5) is 0 Å². The van der Waals surface area contributed by atoms with Gasteiger partial charge in [0.1, 0.15) is 0 Å². The fourth-order valence-corrected chi connectivity index (χ4v) is 1.66. The number of fused-ring (bicyclic) bond motifs is 1. The smallest absolute Gasteiger partial charge is 0.304 e. The summed E-state index contributed by atoms with van der Waals surface area (Å²) in [5, 5.41) is 12.7. The van der Waals surface area contributed by atoms with Gasteiger partial charge in [-0.05, 0) is 23.8 Å². The van der Waals surface area contributed by atoms with Crippen LogP contribution < -0.4 is 5.32 Å².